The van der Waals surface area contributed by atoms with Gasteiger partial charge < -0.3 is 0 Å². The molecule has 0 saturated carbocycles. The molecular weight excluding hydrogens is 195 g/mol. The number of hydrogen-bond acceptors (Lipinski definition) is 0. The van der Waals surface area contributed by atoms with E-state index in [-0.39, 0.29) is 5.82 Å². The maximum Gasteiger partial charge on any atom is 0.123 e. The molecule has 10 heavy (non-hydrogen) atoms. The van der Waals surface area contributed by atoms with E-state index in [4.69, 9.17) is 0 Å². The Balaban J connectivity index is 2.75. The number of alkyl halides is 1. The minimum absolute atomic E-state index is 0.185. The van der Waals surface area contributed by atoms with E-state index in [1.807, 2.05) is 0 Å². The summed E-state index contributed by atoms with van der Waals surface area (Å²) in [6, 6.07) is 7.45. The first-order valence-electron chi connectivity index (χ1n) is 3.05. The quantitative estimate of drug-likeness (QED) is 0.646. The topological polar surface area (TPSA) is 0 Å². The lowest BCUT2D eigenvalue weighted by Gasteiger charge is -1.94. The average Bonchev–Trinajstić information content (AvgIpc) is 1.88. The van der Waals surface area contributed by atoms with Gasteiger partial charge in [0.05, 0.1) is 0 Å². The highest BCUT2D eigenvalue weighted by atomic mass is 79.9. The van der Waals surface area contributed by atoms with Gasteiger partial charge >= 0.3 is 0 Å². The van der Waals surface area contributed by atoms with Crippen molar-refractivity contribution in [3.63, 3.8) is 0 Å². The summed E-state index contributed by atoms with van der Waals surface area (Å²) in [5.41, 5.74) is 0.914. The molecule has 0 N–H and O–H groups in total. The molecule has 2 heteroatoms. The molecule has 0 aliphatic rings. The highest BCUT2D eigenvalue weighted by Crippen LogP contribution is 2.04. The fraction of sp³-hybridized carbons (Fsp3) is 0.250. The Labute approximate surface area is 68.2 Å². The normalized spacial score (nSPS) is 9.80. The maximum absolute atomic E-state index is 12.5. The third-order valence-corrected chi connectivity index (χ3v) is 1.58. The van der Waals surface area contributed by atoms with Gasteiger partial charge in [-0.25, -0.2) is 4.39 Å². The number of hydrogen-bond donors (Lipinski definition) is 0. The molecule has 1 aromatic carbocycles. The third-order valence-electron chi connectivity index (χ3n) is 1.19. The predicted molar refractivity (Wildman–Crippen MR) is 42.7 cm³/mol. The van der Waals surface area contributed by atoms with Crippen molar-refractivity contribution >= 4 is 15.9 Å². The molecule has 0 spiro atoms. The summed E-state index contributed by atoms with van der Waals surface area (Å²) in [7, 11) is 0. The maximum atomic E-state index is 12.5. The van der Waals surface area contributed by atoms with Gasteiger partial charge in [-0.1, -0.05) is 22.0 Å². The number of halogens is 2. The Morgan fingerprint density at radius 1 is 1.60 bits per heavy atom. The minimum Gasteiger partial charge on any atom is -0.207 e. The Morgan fingerprint density at radius 2 is 2.40 bits per heavy atom. The zero-order chi connectivity index (χ0) is 7.40. The van der Waals surface area contributed by atoms with Crippen LogP contribution in [0.3, 0.4) is 0 Å². The molecule has 0 bridgehead atoms. The molecule has 53 valence electrons. The lowest BCUT2D eigenvalue weighted by Crippen LogP contribution is -1.86. The first-order valence-corrected chi connectivity index (χ1v) is 4.17. The van der Waals surface area contributed by atoms with Crippen molar-refractivity contribution in [3.05, 3.63) is 35.6 Å². The molecule has 1 rings (SSSR count). The van der Waals surface area contributed by atoms with E-state index in [0.717, 1.165) is 17.3 Å². The van der Waals surface area contributed by atoms with E-state index in [0.29, 0.717) is 0 Å². The summed E-state index contributed by atoms with van der Waals surface area (Å²) in [6.45, 7) is 0. The lowest BCUT2D eigenvalue weighted by atomic mass is 10.2. The van der Waals surface area contributed by atoms with Gasteiger partial charge in [-0.3, -0.25) is 0 Å². The standard InChI is InChI=1S/C8H7BrF/c9-5-4-7-2-1-3-8(10)6-7/h1,3,6H,4-5H2. The van der Waals surface area contributed by atoms with Gasteiger partial charge in [-0.2, -0.15) is 0 Å². The van der Waals surface area contributed by atoms with Gasteiger partial charge in [-0.05, 0) is 30.2 Å². The molecule has 0 aliphatic carbocycles. The van der Waals surface area contributed by atoms with Crippen LogP contribution in [0.15, 0.2) is 18.2 Å². The molecule has 1 aromatic rings. The van der Waals surface area contributed by atoms with Gasteiger partial charge in [0.25, 0.3) is 0 Å². The highest BCUT2D eigenvalue weighted by Gasteiger charge is 1.92. The summed E-state index contributed by atoms with van der Waals surface area (Å²) in [4.78, 5) is 0. The summed E-state index contributed by atoms with van der Waals surface area (Å²) < 4.78 is 12.5. The summed E-state index contributed by atoms with van der Waals surface area (Å²) in [5, 5.41) is 0.854. The zero-order valence-corrected chi connectivity index (χ0v) is 6.99. The van der Waals surface area contributed by atoms with Gasteiger partial charge in [0.2, 0.25) is 0 Å². The van der Waals surface area contributed by atoms with Crippen molar-refractivity contribution in [2.24, 2.45) is 0 Å². The molecule has 0 amide bonds. The number of rotatable bonds is 2. The van der Waals surface area contributed by atoms with Crippen LogP contribution in [0, 0.1) is 11.9 Å². The second kappa shape index (κ2) is 3.71. The monoisotopic (exact) mass is 201 g/mol. The number of benzene rings is 1. The molecule has 0 saturated heterocycles. The molecular formula is C8H7BrF. The minimum atomic E-state index is -0.185. The smallest absolute Gasteiger partial charge is 0.123 e. The molecule has 0 unspecified atom stereocenters. The van der Waals surface area contributed by atoms with Crippen LogP contribution in [0.1, 0.15) is 5.56 Å². The molecule has 0 fully saturated rings. The molecule has 1 radical (unpaired) electrons. The molecule has 0 aromatic heterocycles. The highest BCUT2D eigenvalue weighted by molar-refractivity contribution is 9.09. The van der Waals surface area contributed by atoms with Crippen LogP contribution in [0.5, 0.6) is 0 Å². The Hall–Kier alpha value is -0.370. The van der Waals surface area contributed by atoms with Gasteiger partial charge in [0, 0.05) is 5.33 Å². The summed E-state index contributed by atoms with van der Waals surface area (Å²) in [5.74, 6) is -0.185. The van der Waals surface area contributed by atoms with E-state index in [9.17, 15) is 4.39 Å². The van der Waals surface area contributed by atoms with Crippen molar-refractivity contribution < 1.29 is 4.39 Å². The van der Waals surface area contributed by atoms with Crippen LogP contribution in [0.25, 0.3) is 0 Å². The molecule has 0 aliphatic heterocycles. The molecule has 0 atom stereocenters. The van der Waals surface area contributed by atoms with Crippen molar-refractivity contribution in [1.29, 1.82) is 0 Å². The SMILES string of the molecule is Fc1cc[c]c(CCBr)c1. The lowest BCUT2D eigenvalue weighted by molar-refractivity contribution is 0.625. The Kier molecular flexibility index (Phi) is 2.87. The van der Waals surface area contributed by atoms with Gasteiger partial charge in [0.1, 0.15) is 5.82 Å². The number of aryl methyl sites for hydroxylation is 1. The second-order valence-corrected chi connectivity index (χ2v) is 2.76. The predicted octanol–water partition coefficient (Wildman–Crippen LogP) is 2.56. The van der Waals surface area contributed by atoms with Gasteiger partial charge in [-0.15, -0.1) is 0 Å². The summed E-state index contributed by atoms with van der Waals surface area (Å²) >= 11 is 3.27. The van der Waals surface area contributed by atoms with Crippen molar-refractivity contribution in [2.45, 2.75) is 6.42 Å². The van der Waals surface area contributed by atoms with Crippen LogP contribution in [0.2, 0.25) is 0 Å². The summed E-state index contributed by atoms with van der Waals surface area (Å²) in [6.07, 6.45) is 0.831. The Morgan fingerprint density at radius 3 is 3.00 bits per heavy atom. The van der Waals surface area contributed by atoms with Crippen LogP contribution in [0.4, 0.5) is 4.39 Å². The van der Waals surface area contributed by atoms with E-state index in [1.54, 1.807) is 6.07 Å². The van der Waals surface area contributed by atoms with Crippen molar-refractivity contribution in [2.75, 3.05) is 5.33 Å². The van der Waals surface area contributed by atoms with Crippen molar-refractivity contribution in [1.82, 2.24) is 0 Å². The zero-order valence-electron chi connectivity index (χ0n) is 5.40. The van der Waals surface area contributed by atoms with Crippen LogP contribution < -0.4 is 0 Å². The average molecular weight is 202 g/mol. The largest absolute Gasteiger partial charge is 0.207 e. The van der Waals surface area contributed by atoms with Crippen LogP contribution in [-0.4, -0.2) is 5.33 Å². The first kappa shape index (κ1) is 7.73. The van der Waals surface area contributed by atoms with E-state index < -0.39 is 0 Å². The van der Waals surface area contributed by atoms with Crippen molar-refractivity contribution in [3.8, 4) is 0 Å². The fourth-order valence-electron chi connectivity index (χ4n) is 0.731. The van der Waals surface area contributed by atoms with Gasteiger partial charge in [0.15, 0.2) is 0 Å². The van der Waals surface area contributed by atoms with E-state index in [1.165, 1.54) is 12.1 Å². The van der Waals surface area contributed by atoms with Crippen LogP contribution >= 0.6 is 15.9 Å². The first-order chi connectivity index (χ1) is 4.83. The third kappa shape index (κ3) is 2.10. The second-order valence-electron chi connectivity index (χ2n) is 1.97. The Bertz CT molecular complexity index is 210. The molecule has 0 heterocycles. The fourth-order valence-corrected chi connectivity index (χ4v) is 1.16. The van der Waals surface area contributed by atoms with Crippen LogP contribution in [-0.2, 0) is 6.42 Å². The van der Waals surface area contributed by atoms with E-state index in [2.05, 4.69) is 22.0 Å². The molecule has 0 nitrogen and oxygen atoms in total. The van der Waals surface area contributed by atoms with E-state index >= 15 is 0 Å².